The van der Waals surface area contributed by atoms with Gasteiger partial charge in [-0.25, -0.2) is 13.2 Å². The average Bonchev–Trinajstić information content (AvgIpc) is 2.85. The number of alkyl halides is 3. The van der Waals surface area contributed by atoms with Gasteiger partial charge in [0.15, 0.2) is 0 Å². The Labute approximate surface area is 131 Å². The Hall–Kier alpha value is -1.27. The van der Waals surface area contributed by atoms with E-state index in [-0.39, 0.29) is 12.5 Å². The molecule has 0 saturated carbocycles. The Morgan fingerprint density at radius 3 is 2.95 bits per heavy atom. The molecule has 0 spiro atoms. The third-order valence-corrected chi connectivity index (χ3v) is 5.22. The zero-order valence-corrected chi connectivity index (χ0v) is 13.2. The molecule has 1 aromatic carbocycles. The lowest BCUT2D eigenvalue weighted by molar-refractivity contribution is 0.149. The molecule has 1 saturated heterocycles. The van der Waals surface area contributed by atoms with E-state index in [1.165, 1.54) is 11.3 Å². The van der Waals surface area contributed by atoms with Crippen LogP contribution in [0.5, 0.6) is 0 Å². The van der Waals surface area contributed by atoms with Crippen LogP contribution in [0.2, 0.25) is 0 Å². The molecule has 1 N–H and O–H groups in total. The Morgan fingerprint density at radius 1 is 1.41 bits per heavy atom. The van der Waals surface area contributed by atoms with Crippen molar-refractivity contribution >= 4 is 27.1 Å². The van der Waals surface area contributed by atoms with Gasteiger partial charge in [-0.2, -0.15) is 0 Å². The molecule has 0 aliphatic carbocycles. The molecule has 120 valence electrons. The lowest BCUT2D eigenvalue weighted by Crippen LogP contribution is -2.46. The van der Waals surface area contributed by atoms with Gasteiger partial charge in [-0.1, -0.05) is 12.1 Å². The first-order valence-electron chi connectivity index (χ1n) is 7.41. The molecule has 1 fully saturated rings. The van der Waals surface area contributed by atoms with Crippen molar-refractivity contribution < 1.29 is 13.2 Å². The lowest BCUT2D eigenvalue weighted by atomic mass is 10.0. The molecule has 0 amide bonds. The summed E-state index contributed by atoms with van der Waals surface area (Å²) in [4.78, 5) is 1.98. The van der Waals surface area contributed by atoms with E-state index in [4.69, 9.17) is 0 Å². The molecule has 6 heteroatoms. The first kappa shape index (κ1) is 15.6. The zero-order chi connectivity index (χ0) is 15.7. The van der Waals surface area contributed by atoms with Crippen LogP contribution in [0.25, 0.3) is 10.1 Å². The number of fused-ring (bicyclic) bond motifs is 1. The van der Waals surface area contributed by atoms with Gasteiger partial charge in [0.1, 0.15) is 6.17 Å². The van der Waals surface area contributed by atoms with Crippen LogP contribution in [0.3, 0.4) is 0 Å². The van der Waals surface area contributed by atoms with Crippen molar-refractivity contribution in [2.45, 2.75) is 31.5 Å². The number of thiophene rings is 1. The number of nitrogens with zero attached hydrogens (tertiary/aromatic N) is 1. The van der Waals surface area contributed by atoms with Crippen LogP contribution in [0.15, 0.2) is 23.6 Å². The summed E-state index contributed by atoms with van der Waals surface area (Å²) < 4.78 is 40.3. The highest BCUT2D eigenvalue weighted by molar-refractivity contribution is 7.18. The van der Waals surface area contributed by atoms with Gasteiger partial charge in [0.25, 0.3) is 0 Å². The summed E-state index contributed by atoms with van der Waals surface area (Å²) in [5.41, 5.74) is 1.51. The SMILES string of the molecule is CN1CC[C@H](Nc2cccc3c(CC(F)F)csc23)[C@H](F)C1. The monoisotopic (exact) mass is 328 g/mol. The molecule has 1 aliphatic rings. The maximum Gasteiger partial charge on any atom is 0.242 e. The number of anilines is 1. The largest absolute Gasteiger partial charge is 0.378 e. The number of halogens is 3. The van der Waals surface area contributed by atoms with Crippen LogP contribution in [0.1, 0.15) is 12.0 Å². The molecular weight excluding hydrogens is 309 g/mol. The molecule has 0 bridgehead atoms. The van der Waals surface area contributed by atoms with Gasteiger partial charge in [-0.3, -0.25) is 0 Å². The molecule has 0 unspecified atom stereocenters. The van der Waals surface area contributed by atoms with E-state index in [0.717, 1.165) is 28.7 Å². The molecule has 2 atom stereocenters. The van der Waals surface area contributed by atoms with Gasteiger partial charge >= 0.3 is 0 Å². The van der Waals surface area contributed by atoms with Crippen molar-refractivity contribution in [1.82, 2.24) is 4.90 Å². The van der Waals surface area contributed by atoms with E-state index < -0.39 is 12.6 Å². The molecule has 2 aromatic rings. The van der Waals surface area contributed by atoms with Gasteiger partial charge in [0.05, 0.1) is 16.4 Å². The highest BCUT2D eigenvalue weighted by Crippen LogP contribution is 2.34. The van der Waals surface area contributed by atoms with Crippen LogP contribution >= 0.6 is 11.3 Å². The summed E-state index contributed by atoms with van der Waals surface area (Å²) in [6.07, 6.45) is -2.76. The standard InChI is InChI=1S/C16H19F3N2S/c1-21-6-5-13(12(17)8-21)20-14-4-2-3-11-10(7-15(18)19)9-22-16(11)14/h2-4,9,12-13,15,20H,5-8H2,1H3/t12-,13+/m1/s1. The highest BCUT2D eigenvalue weighted by atomic mass is 32.1. The second kappa shape index (κ2) is 6.46. The first-order valence-corrected chi connectivity index (χ1v) is 8.29. The minimum absolute atomic E-state index is 0.220. The molecule has 22 heavy (non-hydrogen) atoms. The second-order valence-corrected chi connectivity index (χ2v) is 6.74. The second-order valence-electron chi connectivity index (χ2n) is 5.86. The molecule has 2 heterocycles. The maximum atomic E-state index is 14.2. The van der Waals surface area contributed by atoms with Gasteiger partial charge in [0, 0.05) is 19.5 Å². The summed E-state index contributed by atoms with van der Waals surface area (Å²) in [6, 6.07) is 5.38. The van der Waals surface area contributed by atoms with Crippen LogP contribution in [0, 0.1) is 0 Å². The van der Waals surface area contributed by atoms with E-state index in [2.05, 4.69) is 5.32 Å². The maximum absolute atomic E-state index is 14.2. The number of nitrogens with one attached hydrogen (secondary N) is 1. The average molecular weight is 328 g/mol. The van der Waals surface area contributed by atoms with Crippen LogP contribution in [-0.4, -0.2) is 43.7 Å². The summed E-state index contributed by atoms with van der Waals surface area (Å²) >= 11 is 1.44. The number of benzene rings is 1. The fourth-order valence-electron chi connectivity index (χ4n) is 2.97. The molecule has 1 aliphatic heterocycles. The van der Waals surface area contributed by atoms with Gasteiger partial charge in [0.2, 0.25) is 6.43 Å². The van der Waals surface area contributed by atoms with Gasteiger partial charge in [-0.05, 0) is 35.9 Å². The minimum Gasteiger partial charge on any atom is -0.378 e. The third kappa shape index (κ3) is 3.22. The third-order valence-electron chi connectivity index (χ3n) is 4.14. The van der Waals surface area contributed by atoms with Crippen LogP contribution in [-0.2, 0) is 6.42 Å². The number of likely N-dealkylation sites (tertiary alicyclic amines) is 1. The quantitative estimate of drug-likeness (QED) is 0.906. The van der Waals surface area contributed by atoms with E-state index >= 15 is 0 Å². The van der Waals surface area contributed by atoms with E-state index in [1.807, 2.05) is 30.1 Å². The Balaban J connectivity index is 1.83. The molecule has 3 rings (SSSR count). The fraction of sp³-hybridized carbons (Fsp3) is 0.500. The van der Waals surface area contributed by atoms with Crippen molar-refractivity contribution in [3.05, 3.63) is 29.1 Å². The van der Waals surface area contributed by atoms with Crippen molar-refractivity contribution in [2.75, 3.05) is 25.5 Å². The smallest absolute Gasteiger partial charge is 0.242 e. The fourth-order valence-corrected chi connectivity index (χ4v) is 4.03. The molecular formula is C16H19F3N2S. The molecule has 1 aromatic heterocycles. The topological polar surface area (TPSA) is 15.3 Å². The molecule has 0 radical (unpaired) electrons. The minimum atomic E-state index is -2.35. The number of hydrogen-bond acceptors (Lipinski definition) is 3. The predicted molar refractivity (Wildman–Crippen MR) is 86.0 cm³/mol. The first-order chi connectivity index (χ1) is 10.5. The number of hydrogen-bond donors (Lipinski definition) is 1. The summed E-state index contributed by atoms with van der Waals surface area (Å²) in [5, 5.41) is 5.91. The molecule has 2 nitrogen and oxygen atoms in total. The Kier molecular flexibility index (Phi) is 4.59. The van der Waals surface area contributed by atoms with Crippen LogP contribution < -0.4 is 5.32 Å². The lowest BCUT2D eigenvalue weighted by Gasteiger charge is -2.33. The Bertz CT molecular complexity index is 643. The van der Waals surface area contributed by atoms with Crippen LogP contribution in [0.4, 0.5) is 18.9 Å². The number of piperidine rings is 1. The van der Waals surface area contributed by atoms with Gasteiger partial charge in [-0.15, -0.1) is 11.3 Å². The zero-order valence-electron chi connectivity index (χ0n) is 12.4. The Morgan fingerprint density at radius 2 is 2.23 bits per heavy atom. The van der Waals surface area contributed by atoms with Crippen molar-refractivity contribution in [3.63, 3.8) is 0 Å². The van der Waals surface area contributed by atoms with Crippen molar-refractivity contribution in [3.8, 4) is 0 Å². The van der Waals surface area contributed by atoms with Gasteiger partial charge < -0.3 is 10.2 Å². The summed E-state index contributed by atoms with van der Waals surface area (Å²) in [6.45, 7) is 1.28. The van der Waals surface area contributed by atoms with E-state index in [0.29, 0.717) is 12.1 Å². The van der Waals surface area contributed by atoms with Crippen molar-refractivity contribution in [1.29, 1.82) is 0 Å². The van der Waals surface area contributed by atoms with Crippen molar-refractivity contribution in [2.24, 2.45) is 0 Å². The highest BCUT2D eigenvalue weighted by Gasteiger charge is 2.27. The normalized spacial score (nSPS) is 23.3. The number of rotatable bonds is 4. The van der Waals surface area contributed by atoms with E-state index in [1.54, 1.807) is 5.38 Å². The van der Waals surface area contributed by atoms with E-state index in [9.17, 15) is 13.2 Å². The summed E-state index contributed by atoms with van der Waals surface area (Å²) in [7, 11) is 1.92. The summed E-state index contributed by atoms with van der Waals surface area (Å²) in [5.74, 6) is 0. The predicted octanol–water partition coefficient (Wildman–Crippen LogP) is 4.16.